The Hall–Kier alpha value is -6.82. The molecule has 0 spiro atoms. The van der Waals surface area contributed by atoms with Crippen LogP contribution in [-0.4, -0.2) is 174 Å². The standard InChI is InChI=1S/C57H67ClF4N14O4/c1-5-49(77)75-26-24-73(30-37(75)15-19-63)53-42-17-22-71(47-12-8-7-11-44(47)58)32-45(42)65-56(68-53)80-35-40-28-36(29-70(40)4)41-13-14-48(51(52(41)59)57(60,61)62)72-23-18-43-46(33-72)66-55(79-34-39-10-9-21-69(39)3)67-54(43)74-25-27-76(50(78)6-2)38(31-74)16-20-64/h5-8,11-14,36-40,50,78H,1-2,9-10,15-18,21-35H2,3-4H3/t36?,37?,38?,39-,40-,50?/m0/s1. The number of anilines is 4. The molecule has 8 heterocycles. The second-order valence-electron chi connectivity index (χ2n) is 21.6. The Labute approximate surface area is 469 Å². The number of carbonyl (C=O) groups excluding carboxylic acids is 1. The minimum Gasteiger partial charge on any atom is -0.462 e. The molecular weight excluding hydrogens is 1060 g/mol. The van der Waals surface area contributed by atoms with Crippen molar-refractivity contribution in [1.29, 1.82) is 10.5 Å². The number of ether oxygens (including phenoxy) is 2. The lowest BCUT2D eigenvalue weighted by molar-refractivity contribution is -0.139. The number of piperazine rings is 2. The molecule has 0 bridgehead atoms. The number of aromatic nitrogens is 4. The minimum absolute atomic E-state index is 0.0365. The number of halogens is 5. The number of nitriles is 2. The van der Waals surface area contributed by atoms with Crippen molar-refractivity contribution in [2.24, 2.45) is 0 Å². The third-order valence-corrected chi connectivity index (χ3v) is 17.2. The number of benzene rings is 2. The maximum Gasteiger partial charge on any atom is 0.421 e. The Balaban J connectivity index is 0.890. The van der Waals surface area contributed by atoms with Crippen LogP contribution in [0.15, 0.2) is 61.7 Å². The van der Waals surface area contributed by atoms with Gasteiger partial charge in [0.25, 0.3) is 0 Å². The van der Waals surface area contributed by atoms with E-state index in [1.165, 1.54) is 29.2 Å². The molecule has 4 unspecified atom stereocenters. The van der Waals surface area contributed by atoms with Gasteiger partial charge in [-0.3, -0.25) is 14.6 Å². The molecule has 18 nitrogen and oxygen atoms in total. The van der Waals surface area contributed by atoms with Crippen molar-refractivity contribution in [3.63, 3.8) is 0 Å². The molecule has 23 heteroatoms. The Morgan fingerprint density at radius 2 is 1.39 bits per heavy atom. The number of fused-ring (bicyclic) bond motifs is 2. The van der Waals surface area contributed by atoms with Crippen LogP contribution in [0, 0.1) is 28.5 Å². The summed E-state index contributed by atoms with van der Waals surface area (Å²) in [5.41, 5.74) is 2.07. The van der Waals surface area contributed by atoms with Gasteiger partial charge < -0.3 is 44.0 Å². The molecule has 6 aliphatic rings. The Morgan fingerprint density at radius 3 is 1.99 bits per heavy atom. The fourth-order valence-electron chi connectivity index (χ4n) is 12.6. The molecule has 4 fully saturated rings. The van der Waals surface area contributed by atoms with Gasteiger partial charge in [-0.1, -0.05) is 43.0 Å². The molecule has 2 aromatic heterocycles. The molecular formula is C57H67ClF4N14O4. The molecule has 1 amide bonds. The number of rotatable bonds is 16. The van der Waals surface area contributed by atoms with Gasteiger partial charge in [0.05, 0.1) is 71.9 Å². The Kier molecular flexibility index (Phi) is 17.0. The molecule has 6 aliphatic heterocycles. The highest BCUT2D eigenvalue weighted by atomic mass is 35.5. The Bertz CT molecular complexity index is 3050. The van der Waals surface area contributed by atoms with E-state index in [-0.39, 0.29) is 92.8 Å². The highest BCUT2D eigenvalue weighted by molar-refractivity contribution is 6.33. The summed E-state index contributed by atoms with van der Waals surface area (Å²) in [6.07, 6.45) is 0.0387. The summed E-state index contributed by atoms with van der Waals surface area (Å²) < 4.78 is 76.1. The van der Waals surface area contributed by atoms with Gasteiger partial charge in [-0.05, 0) is 88.7 Å². The van der Waals surface area contributed by atoms with Crippen LogP contribution in [0.5, 0.6) is 12.0 Å². The van der Waals surface area contributed by atoms with Gasteiger partial charge >= 0.3 is 18.2 Å². The van der Waals surface area contributed by atoms with Gasteiger partial charge in [-0.15, -0.1) is 0 Å². The van der Waals surface area contributed by atoms with Crippen molar-refractivity contribution in [3.8, 4) is 24.2 Å². The van der Waals surface area contributed by atoms with Gasteiger partial charge in [0, 0.05) is 94.1 Å². The van der Waals surface area contributed by atoms with E-state index in [1.54, 1.807) is 4.90 Å². The van der Waals surface area contributed by atoms with E-state index in [2.05, 4.69) is 40.0 Å². The van der Waals surface area contributed by atoms with Crippen LogP contribution >= 0.6 is 11.6 Å². The van der Waals surface area contributed by atoms with Crippen molar-refractivity contribution in [2.75, 3.05) is 112 Å². The van der Waals surface area contributed by atoms with Crippen LogP contribution in [-0.2, 0) is 36.9 Å². The summed E-state index contributed by atoms with van der Waals surface area (Å²) in [7, 11) is 3.87. The topological polar surface area (TPSA) is 181 Å². The molecule has 4 saturated heterocycles. The number of carbonyl (C=O) groups is 1. The molecule has 10 rings (SSSR count). The van der Waals surface area contributed by atoms with Crippen molar-refractivity contribution in [1.82, 2.24) is 39.5 Å². The van der Waals surface area contributed by atoms with E-state index < -0.39 is 35.7 Å². The molecule has 2 aromatic carbocycles. The van der Waals surface area contributed by atoms with Crippen LogP contribution in [0.2, 0.25) is 5.02 Å². The second kappa shape index (κ2) is 24.1. The summed E-state index contributed by atoms with van der Waals surface area (Å²) in [5, 5.41) is 30.8. The highest BCUT2D eigenvalue weighted by Gasteiger charge is 2.44. The normalized spacial score (nSPS) is 23.3. The summed E-state index contributed by atoms with van der Waals surface area (Å²) in [6.45, 7) is 12.4. The number of hydrogen-bond donors (Lipinski definition) is 1. The third kappa shape index (κ3) is 11.7. The molecule has 6 atom stereocenters. The monoisotopic (exact) mass is 1120 g/mol. The van der Waals surface area contributed by atoms with Crippen LogP contribution < -0.4 is 29.1 Å². The maximum atomic E-state index is 17.0. The van der Waals surface area contributed by atoms with E-state index in [1.807, 2.05) is 53.1 Å². The van der Waals surface area contributed by atoms with E-state index in [4.69, 9.17) is 41.0 Å². The number of likely N-dealkylation sites (N-methyl/N-ethyl adjacent to an activating group) is 2. The number of nitrogens with zero attached hydrogens (tertiary/aromatic N) is 14. The van der Waals surface area contributed by atoms with Crippen LogP contribution in [0.4, 0.5) is 40.6 Å². The SMILES string of the molecule is C=CC(=O)N1CCN(c2nc(OC[C@@H]3CC(c4ccc(N5CCc6c(nc(OC[C@@H]7CCCN7C)nc6N6CCN(C(O)C=C)C(CC#N)C6)C5)c(C(F)(F)F)c4F)CN3C)nc3c2CCN(c2ccccc2Cl)C3)CC1CC#N. The lowest BCUT2D eigenvalue weighted by atomic mass is 9.92. The van der Waals surface area contributed by atoms with Crippen LogP contribution in [0.1, 0.15) is 71.7 Å². The summed E-state index contributed by atoms with van der Waals surface area (Å²) in [4.78, 5) is 47.8. The molecule has 0 radical (unpaired) electrons. The van der Waals surface area contributed by atoms with E-state index in [0.29, 0.717) is 94.2 Å². The summed E-state index contributed by atoms with van der Waals surface area (Å²) >= 11 is 6.66. The zero-order valence-electron chi connectivity index (χ0n) is 45.2. The van der Waals surface area contributed by atoms with E-state index in [9.17, 15) is 20.4 Å². The van der Waals surface area contributed by atoms with Gasteiger partial charge in [-0.25, -0.2) is 4.39 Å². The zero-order valence-corrected chi connectivity index (χ0v) is 45.9. The lowest BCUT2D eigenvalue weighted by Gasteiger charge is -2.43. The minimum atomic E-state index is -5.04. The first-order chi connectivity index (χ1) is 38.6. The van der Waals surface area contributed by atoms with Gasteiger partial charge in [0.2, 0.25) is 5.91 Å². The number of aliphatic hydroxyl groups excluding tert-OH is 1. The molecule has 1 N–H and O–H groups in total. The largest absolute Gasteiger partial charge is 0.462 e. The van der Waals surface area contributed by atoms with Gasteiger partial charge in [0.15, 0.2) is 0 Å². The first-order valence-corrected chi connectivity index (χ1v) is 27.8. The number of aliphatic hydroxyl groups is 1. The summed E-state index contributed by atoms with van der Waals surface area (Å²) in [6, 6.07) is 14.1. The number of para-hydroxylation sites is 1. The summed E-state index contributed by atoms with van der Waals surface area (Å²) in [5.74, 6) is -0.947. The van der Waals surface area contributed by atoms with Crippen molar-refractivity contribution >= 4 is 40.5 Å². The first-order valence-electron chi connectivity index (χ1n) is 27.4. The van der Waals surface area contributed by atoms with Crippen LogP contribution in [0.25, 0.3) is 0 Å². The average molecular weight is 1120 g/mol. The molecule has 4 aromatic rings. The molecule has 0 aliphatic carbocycles. The van der Waals surface area contributed by atoms with Crippen molar-refractivity contribution in [3.05, 3.63) is 106 Å². The van der Waals surface area contributed by atoms with Gasteiger partial charge in [-0.2, -0.15) is 43.6 Å². The maximum absolute atomic E-state index is 17.0. The predicted molar refractivity (Wildman–Crippen MR) is 294 cm³/mol. The number of alkyl halides is 3. The zero-order chi connectivity index (χ0) is 56.4. The van der Waals surface area contributed by atoms with Crippen molar-refractivity contribution < 1.29 is 36.9 Å². The number of hydrogen-bond acceptors (Lipinski definition) is 17. The molecule has 0 saturated carbocycles. The number of amides is 1. The first kappa shape index (κ1) is 56.5. The fourth-order valence-corrected chi connectivity index (χ4v) is 12.8. The van der Waals surface area contributed by atoms with E-state index in [0.717, 1.165) is 41.9 Å². The highest BCUT2D eigenvalue weighted by Crippen LogP contribution is 2.45. The second-order valence-corrected chi connectivity index (χ2v) is 22.0. The third-order valence-electron chi connectivity index (χ3n) is 16.9. The predicted octanol–water partition coefficient (Wildman–Crippen LogP) is 6.57. The number of likely N-dealkylation sites (tertiary alicyclic amines) is 2. The van der Waals surface area contributed by atoms with Gasteiger partial charge in [0.1, 0.15) is 42.5 Å². The smallest absolute Gasteiger partial charge is 0.421 e. The van der Waals surface area contributed by atoms with Crippen LogP contribution in [0.3, 0.4) is 0 Å². The quantitative estimate of drug-likeness (QED) is 0.0723. The van der Waals surface area contributed by atoms with Crippen molar-refractivity contribution in [2.45, 2.75) is 101 Å². The lowest BCUT2D eigenvalue weighted by Crippen LogP contribution is -2.56. The molecule has 80 heavy (non-hydrogen) atoms. The average Bonchev–Trinajstić information content (AvgIpc) is 4.06. The Morgan fingerprint density at radius 1 is 0.775 bits per heavy atom. The van der Waals surface area contributed by atoms with E-state index >= 15 is 17.6 Å². The molecule has 424 valence electrons. The fraction of sp³-hybridized carbons (Fsp3) is 0.526.